The number of rotatable bonds is 12. The molecule has 2 aromatic heterocycles. The summed E-state index contributed by atoms with van der Waals surface area (Å²) < 4.78 is 198. The van der Waals surface area contributed by atoms with E-state index in [2.05, 4.69) is 15.3 Å². The van der Waals surface area contributed by atoms with E-state index in [1.165, 1.54) is 6.92 Å². The van der Waals surface area contributed by atoms with E-state index in [0.29, 0.717) is 0 Å². The summed E-state index contributed by atoms with van der Waals surface area (Å²) in [5, 5.41) is 11.0. The molecule has 41 heavy (non-hydrogen) atoms. The Hall–Kier alpha value is -4.45. The van der Waals surface area contributed by atoms with Crippen molar-refractivity contribution in [3.63, 3.8) is 0 Å². The predicted molar refractivity (Wildman–Crippen MR) is 162 cm³/mol. The monoisotopic (exact) mass is 592 g/mol. The molecule has 0 aliphatic carbocycles. The van der Waals surface area contributed by atoms with Gasteiger partial charge in [-0.2, -0.15) is 5.26 Å². The number of aromatic nitrogens is 2. The Bertz CT molecular complexity index is 2650. The first-order valence-corrected chi connectivity index (χ1v) is 11.6. The SMILES string of the molecule is [2H]/C(C(=O)Cc1c(OC([2H])([2H])C([2H])([2H])[2H])c([2H])c2nc([2H])c(C#N)c(Nc3c([2H])c([2H])c(OC([2H])([2H])c4nc(C)c([2H])c([2H])c4[2H])c(Cl)c3[2H])c2c1[2H])=C(/[2H])C([2H])([2H])N(C)C([2H])([2H])[2H]. The maximum absolute atomic E-state index is 13.6. The number of carbonyl (C=O) groups excluding carboxylic acids is 1. The quantitative estimate of drug-likeness (QED) is 0.188. The van der Waals surface area contributed by atoms with Crippen molar-refractivity contribution < 1.29 is 45.8 Å². The molecule has 2 aromatic carbocycles. The second kappa shape index (κ2) is 13.8. The normalized spacial score (nSPS) is 21.4. The van der Waals surface area contributed by atoms with Gasteiger partial charge in [-0.15, -0.1) is 0 Å². The summed E-state index contributed by atoms with van der Waals surface area (Å²) in [6.07, 6.45) is -2.38. The molecule has 9 heteroatoms. The fourth-order valence-electron chi connectivity index (χ4n) is 3.11. The van der Waals surface area contributed by atoms with Crippen molar-refractivity contribution in [3.05, 3.63) is 94.2 Å². The van der Waals surface area contributed by atoms with Crippen LogP contribution in [-0.4, -0.2) is 47.7 Å². The molecule has 4 aromatic rings. The first kappa shape index (κ1) is 11.8. The Morgan fingerprint density at radius 2 is 2.17 bits per heavy atom. The summed E-state index contributed by atoms with van der Waals surface area (Å²) in [6.45, 7) is -15.7. The molecule has 0 saturated carbocycles. The zero-order chi connectivity index (χ0) is 49.3. The highest BCUT2D eigenvalue weighted by molar-refractivity contribution is 6.32. The summed E-state index contributed by atoms with van der Waals surface area (Å²) in [5.74, 6) is -3.74. The number of benzene rings is 2. The highest BCUT2D eigenvalue weighted by Crippen LogP contribution is 2.36. The standard InChI is InChI=1S/C32H32ClN5O3/c1-5-40-31-17-29-27(15-22(31)14-26(39)10-7-13-38(3)4)32(23(18-34)19-35-29)37-24-11-12-30(28(33)16-24)41-20-25-9-6-8-21(2)36-25/h6-12,15-17,19H,5,13-14,20H2,1-4H3,(H,35,37)/b10-7+/i1D3,3D3,5D2,6D,7D,8D,9D,10D,11D,12D,13D2,15D,16D,17D,19D,20D2. The lowest BCUT2D eigenvalue weighted by Crippen LogP contribution is -2.11. The number of nitrogens with zero attached hydrogens (tertiary/aromatic N) is 4. The maximum Gasteiger partial charge on any atom is 0.159 e. The summed E-state index contributed by atoms with van der Waals surface area (Å²) >= 11 is 6.40. The van der Waals surface area contributed by atoms with E-state index in [1.54, 1.807) is 6.07 Å². The number of nitriles is 1. The molecule has 0 aliphatic heterocycles. The van der Waals surface area contributed by atoms with E-state index in [-0.39, 0.29) is 10.6 Å². The largest absolute Gasteiger partial charge is 0.494 e. The first-order chi connectivity index (χ1) is 29.0. The van der Waals surface area contributed by atoms with Gasteiger partial charge in [0.15, 0.2) is 5.78 Å². The van der Waals surface area contributed by atoms with E-state index in [9.17, 15) is 11.4 Å². The fourth-order valence-corrected chi connectivity index (χ4v) is 3.29. The van der Waals surface area contributed by atoms with Gasteiger partial charge in [-0.05, 0) is 70.1 Å². The molecule has 8 nitrogen and oxygen atoms in total. The third kappa shape index (κ3) is 7.82. The van der Waals surface area contributed by atoms with Crippen molar-refractivity contribution in [3.8, 4) is 17.6 Å². The van der Waals surface area contributed by atoms with Crippen molar-refractivity contribution in [2.75, 3.05) is 32.4 Å². The Kier molecular flexibility index (Phi) is 3.96. The van der Waals surface area contributed by atoms with Gasteiger partial charge in [0.25, 0.3) is 0 Å². The number of nitrogens with one attached hydrogen (secondary N) is 1. The molecule has 0 spiro atoms. The summed E-state index contributed by atoms with van der Waals surface area (Å²) in [6, 6.07) is -8.71. The molecular formula is C32H32ClN5O3. The number of fused-ring (bicyclic) bond motifs is 1. The summed E-state index contributed by atoms with van der Waals surface area (Å²) in [4.78, 5) is 21.3. The molecule has 0 saturated heterocycles. The first-order valence-electron chi connectivity index (χ1n) is 22.7. The second-order valence-electron chi connectivity index (χ2n) is 7.73. The van der Waals surface area contributed by atoms with Crippen LogP contribution in [0.1, 0.15) is 60.9 Å². The third-order valence-electron chi connectivity index (χ3n) is 4.76. The van der Waals surface area contributed by atoms with Gasteiger partial charge in [-0.3, -0.25) is 14.8 Å². The molecule has 0 amide bonds. The fraction of sp³-hybridized carbons (Fsp3) is 0.250. The molecule has 0 fully saturated rings. The third-order valence-corrected chi connectivity index (χ3v) is 5.03. The van der Waals surface area contributed by atoms with Crippen LogP contribution in [-0.2, 0) is 17.8 Å². The molecule has 0 atom stereocenters. The molecule has 1 N–H and O–H groups in total. The van der Waals surface area contributed by atoms with Gasteiger partial charge in [-0.25, -0.2) is 0 Å². The van der Waals surface area contributed by atoms with Crippen molar-refractivity contribution in [1.29, 1.82) is 5.26 Å². The maximum atomic E-state index is 13.6. The van der Waals surface area contributed by atoms with E-state index in [0.717, 1.165) is 7.05 Å². The minimum Gasteiger partial charge on any atom is -0.494 e. The molecule has 210 valence electrons. The highest BCUT2D eigenvalue weighted by Gasteiger charge is 2.16. The number of aryl methyl sites for hydroxylation is 1. The Morgan fingerprint density at radius 1 is 1.29 bits per heavy atom. The number of hydrogen-bond acceptors (Lipinski definition) is 8. The Morgan fingerprint density at radius 3 is 2.98 bits per heavy atom. The van der Waals surface area contributed by atoms with Gasteiger partial charge >= 0.3 is 0 Å². The van der Waals surface area contributed by atoms with Gasteiger partial charge in [0.2, 0.25) is 0 Å². The zero-order valence-corrected chi connectivity index (χ0v) is 21.9. The molecular weight excluding hydrogens is 538 g/mol. The smallest absolute Gasteiger partial charge is 0.159 e. The van der Waals surface area contributed by atoms with Gasteiger partial charge in [0.1, 0.15) is 24.1 Å². The van der Waals surface area contributed by atoms with Crippen molar-refractivity contribution in [2.45, 2.75) is 26.8 Å². The lowest BCUT2D eigenvalue weighted by Gasteiger charge is -2.16. The second-order valence-corrected chi connectivity index (χ2v) is 8.11. The van der Waals surface area contributed by atoms with E-state index < -0.39 is 168 Å². The van der Waals surface area contributed by atoms with Crippen LogP contribution in [0.4, 0.5) is 11.4 Å². The van der Waals surface area contributed by atoms with Crippen LogP contribution < -0.4 is 14.8 Å². The summed E-state index contributed by atoms with van der Waals surface area (Å²) in [7, 11) is 0.731. The Labute approximate surface area is 277 Å². The number of ether oxygens (including phenoxy) is 2. The minimum atomic E-state index is -3.70. The van der Waals surface area contributed by atoms with E-state index in [4.69, 9.17) is 51.2 Å². The number of anilines is 2. The van der Waals surface area contributed by atoms with Gasteiger partial charge < -0.3 is 19.7 Å². The average Bonchev–Trinajstić information content (AvgIpc) is 3.19. The van der Waals surface area contributed by atoms with Crippen LogP contribution in [0.15, 0.2) is 66.6 Å². The van der Waals surface area contributed by atoms with Crippen LogP contribution >= 0.6 is 11.6 Å². The molecule has 4 rings (SSSR count). The molecule has 0 radical (unpaired) electrons. The number of hydrogen-bond donors (Lipinski definition) is 1. The Balaban J connectivity index is 2.04. The van der Waals surface area contributed by atoms with Crippen molar-refractivity contribution >= 4 is 39.7 Å². The van der Waals surface area contributed by atoms with Crippen molar-refractivity contribution in [1.82, 2.24) is 14.9 Å². The number of likely N-dealkylation sites (N-methyl/N-ethyl adjacent to an activating group) is 1. The van der Waals surface area contributed by atoms with Crippen LogP contribution in [0.2, 0.25) is 5.02 Å². The lowest BCUT2D eigenvalue weighted by atomic mass is 10.0. The molecule has 0 aliphatic rings. The number of pyridine rings is 2. The predicted octanol–water partition coefficient (Wildman–Crippen LogP) is 6.41. The molecule has 2 heterocycles. The number of halogens is 1. The molecule has 0 unspecified atom stereocenters. The number of carbonyl (C=O) groups is 1. The summed E-state index contributed by atoms with van der Waals surface area (Å²) in [5.41, 5.74) is -5.12. The topological polar surface area (TPSA) is 100 Å². The van der Waals surface area contributed by atoms with Gasteiger partial charge in [0.05, 0.1) is 54.6 Å². The number of ketones is 1. The minimum absolute atomic E-state index is 0.0601. The van der Waals surface area contributed by atoms with Crippen LogP contribution in [0.3, 0.4) is 0 Å². The van der Waals surface area contributed by atoms with Crippen LogP contribution in [0, 0.1) is 18.3 Å². The van der Waals surface area contributed by atoms with Gasteiger partial charge in [-0.1, -0.05) is 23.7 Å². The van der Waals surface area contributed by atoms with Crippen LogP contribution in [0.5, 0.6) is 11.5 Å². The zero-order valence-electron chi connectivity index (χ0n) is 44.1. The average molecular weight is 593 g/mol. The van der Waals surface area contributed by atoms with Gasteiger partial charge in [0, 0.05) is 58.4 Å². The lowest BCUT2D eigenvalue weighted by molar-refractivity contribution is -0.114. The van der Waals surface area contributed by atoms with Crippen molar-refractivity contribution in [2.24, 2.45) is 0 Å². The van der Waals surface area contributed by atoms with Crippen LogP contribution in [0.25, 0.3) is 10.9 Å². The van der Waals surface area contributed by atoms with E-state index in [1.807, 2.05) is 0 Å². The molecule has 0 bridgehead atoms. The highest BCUT2D eigenvalue weighted by atomic mass is 35.5. The number of allylic oxidation sites excluding steroid dienone is 1. The van der Waals surface area contributed by atoms with E-state index >= 15 is 0 Å².